The second kappa shape index (κ2) is 14.3. The Morgan fingerprint density at radius 1 is 1.04 bits per heavy atom. The van der Waals surface area contributed by atoms with Crippen molar-refractivity contribution in [3.05, 3.63) is 89.7 Å². The quantitative estimate of drug-likeness (QED) is 0.288. The SMILES string of the molecule is COc1ccc(S(=O)(=O)N(CC(C)C)CC(O)C(Cc2ccccc2)NC(=O)C2CN(c3ccc(F)c(F)c3)C(=O)O2)cc1F. The molecule has 1 aliphatic rings. The molecular formula is C31H34F3N3O7S. The van der Waals surface area contributed by atoms with Gasteiger partial charge in [0, 0.05) is 19.2 Å². The molecule has 3 aromatic rings. The Kier molecular flexibility index (Phi) is 10.7. The van der Waals surface area contributed by atoms with Crippen molar-refractivity contribution in [2.24, 2.45) is 5.92 Å². The molecular weight excluding hydrogens is 615 g/mol. The standard InChI is InChI=1S/C31H34F3N3O7S/c1-19(2)16-36(45(41,42)22-10-12-28(43-3)25(34)15-22)17-27(38)26(13-20-7-5-4-6-8-20)35-30(39)29-18-37(31(40)44-29)21-9-11-23(32)24(33)14-21/h4-12,14-15,19,26-27,29,38H,13,16-18H2,1-3H3,(H,35,39). The maximum absolute atomic E-state index is 14.5. The molecule has 1 heterocycles. The number of aliphatic hydroxyl groups excluding tert-OH is 1. The molecule has 0 aromatic heterocycles. The van der Waals surface area contributed by atoms with Crippen molar-refractivity contribution in [2.45, 2.75) is 43.4 Å². The minimum atomic E-state index is -4.31. The summed E-state index contributed by atoms with van der Waals surface area (Å²) in [6.07, 6.45) is -3.71. The normalized spacial score (nSPS) is 16.5. The summed E-state index contributed by atoms with van der Waals surface area (Å²) >= 11 is 0. The number of aliphatic hydroxyl groups is 1. The second-order valence-electron chi connectivity index (χ2n) is 11.0. The number of cyclic esters (lactones) is 1. The van der Waals surface area contributed by atoms with Gasteiger partial charge in [0.25, 0.3) is 5.91 Å². The Balaban J connectivity index is 1.56. The van der Waals surface area contributed by atoms with Crippen LogP contribution in [0.1, 0.15) is 19.4 Å². The fourth-order valence-corrected chi connectivity index (χ4v) is 6.49. The predicted octanol–water partition coefficient (Wildman–Crippen LogP) is 3.87. The van der Waals surface area contributed by atoms with Gasteiger partial charge in [0.1, 0.15) is 0 Å². The van der Waals surface area contributed by atoms with Gasteiger partial charge in [0.05, 0.1) is 36.4 Å². The lowest BCUT2D eigenvalue weighted by Gasteiger charge is -2.31. The summed E-state index contributed by atoms with van der Waals surface area (Å²) in [5.41, 5.74) is 0.698. The number of anilines is 1. The van der Waals surface area contributed by atoms with E-state index in [0.717, 1.165) is 27.4 Å². The van der Waals surface area contributed by atoms with Gasteiger partial charge in [-0.15, -0.1) is 0 Å². The summed E-state index contributed by atoms with van der Waals surface area (Å²) < 4.78 is 80.0. The van der Waals surface area contributed by atoms with Crippen LogP contribution >= 0.6 is 0 Å². The maximum Gasteiger partial charge on any atom is 0.415 e. The van der Waals surface area contributed by atoms with E-state index in [9.17, 15) is 36.3 Å². The third kappa shape index (κ3) is 8.12. The molecule has 1 fully saturated rings. The molecule has 1 aliphatic heterocycles. The first-order valence-electron chi connectivity index (χ1n) is 14.1. The summed E-state index contributed by atoms with van der Waals surface area (Å²) in [5.74, 6) is -4.27. The number of hydrogen-bond donors (Lipinski definition) is 2. The molecule has 10 nitrogen and oxygen atoms in total. The van der Waals surface area contributed by atoms with Crippen LogP contribution in [0.4, 0.5) is 23.7 Å². The molecule has 0 radical (unpaired) electrons. The number of halogens is 3. The summed E-state index contributed by atoms with van der Waals surface area (Å²) in [6.45, 7) is 2.75. The van der Waals surface area contributed by atoms with Crippen molar-refractivity contribution in [2.75, 3.05) is 31.6 Å². The fraction of sp³-hybridized carbons (Fsp3) is 0.355. The molecule has 1 saturated heterocycles. The lowest BCUT2D eigenvalue weighted by molar-refractivity contribution is -0.129. The number of carbonyl (C=O) groups excluding carboxylic acids is 2. The van der Waals surface area contributed by atoms with Crippen LogP contribution in [0.3, 0.4) is 0 Å². The van der Waals surface area contributed by atoms with Crippen LogP contribution in [0.5, 0.6) is 5.75 Å². The molecule has 242 valence electrons. The van der Waals surface area contributed by atoms with Crippen LogP contribution in [-0.2, 0) is 26.0 Å². The number of carbonyl (C=O) groups is 2. The number of nitrogens with zero attached hydrogens (tertiary/aromatic N) is 2. The molecule has 3 unspecified atom stereocenters. The zero-order chi connectivity index (χ0) is 32.9. The summed E-state index contributed by atoms with van der Waals surface area (Å²) in [6, 6.07) is 13.8. The number of sulfonamides is 1. The van der Waals surface area contributed by atoms with Gasteiger partial charge in [-0.2, -0.15) is 4.31 Å². The van der Waals surface area contributed by atoms with Gasteiger partial charge in [-0.25, -0.2) is 26.4 Å². The largest absolute Gasteiger partial charge is 0.494 e. The lowest BCUT2D eigenvalue weighted by atomic mass is 10.0. The number of amides is 2. The molecule has 3 aromatic carbocycles. The van der Waals surface area contributed by atoms with E-state index in [0.29, 0.717) is 5.56 Å². The summed E-state index contributed by atoms with van der Waals surface area (Å²) in [5, 5.41) is 14.1. The molecule has 0 aliphatic carbocycles. The highest BCUT2D eigenvalue weighted by Crippen LogP contribution is 2.26. The van der Waals surface area contributed by atoms with Crippen LogP contribution in [0.25, 0.3) is 0 Å². The Hall–Kier alpha value is -4.14. The van der Waals surface area contributed by atoms with Gasteiger partial charge in [0.15, 0.2) is 29.3 Å². The van der Waals surface area contributed by atoms with E-state index in [4.69, 9.17) is 9.47 Å². The highest BCUT2D eigenvalue weighted by Gasteiger charge is 2.39. The van der Waals surface area contributed by atoms with E-state index in [2.05, 4.69) is 5.32 Å². The number of methoxy groups -OCH3 is 1. The Bertz CT molecular complexity index is 1630. The molecule has 2 amide bonds. The van der Waals surface area contributed by atoms with Gasteiger partial charge in [0.2, 0.25) is 10.0 Å². The smallest absolute Gasteiger partial charge is 0.415 e. The molecule has 0 bridgehead atoms. The molecule has 0 spiro atoms. The summed E-state index contributed by atoms with van der Waals surface area (Å²) in [7, 11) is -3.06. The molecule has 4 rings (SSSR count). The van der Waals surface area contributed by atoms with Crippen LogP contribution < -0.4 is 15.0 Å². The molecule has 2 N–H and O–H groups in total. The van der Waals surface area contributed by atoms with E-state index in [1.807, 2.05) is 0 Å². The van der Waals surface area contributed by atoms with E-state index in [1.165, 1.54) is 25.3 Å². The van der Waals surface area contributed by atoms with E-state index < -0.39 is 64.3 Å². The minimum absolute atomic E-state index is 0.0143. The third-order valence-corrected chi connectivity index (χ3v) is 8.96. The van der Waals surface area contributed by atoms with Gasteiger partial charge < -0.3 is 19.9 Å². The van der Waals surface area contributed by atoms with Crippen molar-refractivity contribution in [3.8, 4) is 5.75 Å². The number of rotatable bonds is 13. The Morgan fingerprint density at radius 3 is 2.38 bits per heavy atom. The zero-order valence-corrected chi connectivity index (χ0v) is 25.6. The first kappa shape index (κ1) is 33.7. The van der Waals surface area contributed by atoms with Crippen molar-refractivity contribution < 1.29 is 45.8 Å². The molecule has 45 heavy (non-hydrogen) atoms. The molecule has 14 heteroatoms. The minimum Gasteiger partial charge on any atom is -0.494 e. The zero-order valence-electron chi connectivity index (χ0n) is 24.8. The van der Waals surface area contributed by atoms with Gasteiger partial charge in [-0.05, 0) is 48.2 Å². The van der Waals surface area contributed by atoms with Crippen molar-refractivity contribution >= 4 is 27.7 Å². The van der Waals surface area contributed by atoms with E-state index in [1.54, 1.807) is 44.2 Å². The van der Waals surface area contributed by atoms with Gasteiger partial charge in [-0.3, -0.25) is 9.69 Å². The van der Waals surface area contributed by atoms with Crippen LogP contribution in [0, 0.1) is 23.4 Å². The first-order chi connectivity index (χ1) is 21.3. The van der Waals surface area contributed by atoms with Crippen LogP contribution in [0.15, 0.2) is 71.6 Å². The molecule has 3 atom stereocenters. The van der Waals surface area contributed by atoms with Crippen LogP contribution in [-0.4, -0.2) is 74.8 Å². The summed E-state index contributed by atoms with van der Waals surface area (Å²) in [4.78, 5) is 26.5. The monoisotopic (exact) mass is 649 g/mol. The topological polar surface area (TPSA) is 125 Å². The Labute approximate surface area is 259 Å². The van der Waals surface area contributed by atoms with E-state index in [-0.39, 0.29) is 41.8 Å². The van der Waals surface area contributed by atoms with Crippen LogP contribution in [0.2, 0.25) is 0 Å². The Morgan fingerprint density at radius 2 is 1.76 bits per heavy atom. The number of hydrogen-bond acceptors (Lipinski definition) is 7. The van der Waals surface area contributed by atoms with Crippen molar-refractivity contribution in [3.63, 3.8) is 0 Å². The third-order valence-electron chi connectivity index (χ3n) is 7.13. The predicted molar refractivity (Wildman–Crippen MR) is 159 cm³/mol. The highest BCUT2D eigenvalue weighted by molar-refractivity contribution is 7.89. The lowest BCUT2D eigenvalue weighted by Crippen LogP contribution is -2.53. The average molecular weight is 650 g/mol. The number of nitrogens with one attached hydrogen (secondary N) is 1. The first-order valence-corrected chi connectivity index (χ1v) is 15.5. The van der Waals surface area contributed by atoms with Crippen molar-refractivity contribution in [1.29, 1.82) is 0 Å². The number of benzene rings is 3. The number of ether oxygens (including phenoxy) is 2. The fourth-order valence-electron chi connectivity index (χ4n) is 4.86. The van der Waals surface area contributed by atoms with E-state index >= 15 is 0 Å². The van der Waals surface area contributed by atoms with Gasteiger partial charge in [-0.1, -0.05) is 44.2 Å². The second-order valence-corrected chi connectivity index (χ2v) is 12.9. The van der Waals surface area contributed by atoms with Gasteiger partial charge >= 0.3 is 6.09 Å². The average Bonchev–Trinajstić information content (AvgIpc) is 3.39. The highest BCUT2D eigenvalue weighted by atomic mass is 32.2. The maximum atomic E-state index is 14.5. The molecule has 0 saturated carbocycles. The van der Waals surface area contributed by atoms with Crippen molar-refractivity contribution in [1.82, 2.24) is 9.62 Å².